The topological polar surface area (TPSA) is 58.6 Å². The molecule has 0 bridgehead atoms. The van der Waals surface area contributed by atoms with Crippen LogP contribution in [0.5, 0.6) is 5.75 Å². The fourth-order valence-electron chi connectivity index (χ4n) is 2.53. The molecule has 1 aromatic heterocycles. The molecule has 0 aliphatic carbocycles. The van der Waals surface area contributed by atoms with Crippen molar-refractivity contribution in [1.82, 2.24) is 5.32 Å². The third kappa shape index (κ3) is 3.53. The number of benzene rings is 1. The number of para-hydroxylation sites is 2. The molecule has 1 atom stereocenters. The molecule has 1 aliphatic rings. The number of hydrogen-bond acceptors (Lipinski definition) is 4. The molecule has 5 nitrogen and oxygen atoms in total. The second kappa shape index (κ2) is 6.83. The number of anilines is 1. The molecule has 0 unspecified atom stereocenters. The van der Waals surface area contributed by atoms with Crippen LogP contribution >= 0.6 is 11.3 Å². The van der Waals surface area contributed by atoms with Gasteiger partial charge in [0.1, 0.15) is 12.3 Å². The van der Waals surface area contributed by atoms with E-state index >= 15 is 0 Å². The third-order valence-corrected chi connectivity index (χ3v) is 4.73. The summed E-state index contributed by atoms with van der Waals surface area (Å²) in [4.78, 5) is 27.2. The number of carbonyl (C=O) groups excluding carboxylic acids is 2. The number of ether oxygens (including phenoxy) is 1. The molecule has 0 saturated carbocycles. The van der Waals surface area contributed by atoms with Crippen LogP contribution < -0.4 is 15.0 Å². The molecule has 120 valence electrons. The number of fused-ring (bicyclic) bond motifs is 1. The second-order valence-corrected chi connectivity index (χ2v) is 6.33. The molecule has 2 aromatic rings. The molecular formula is C17H18N2O3S. The summed E-state index contributed by atoms with van der Waals surface area (Å²) >= 11 is 1.60. The van der Waals surface area contributed by atoms with Crippen LogP contribution in [0.25, 0.3) is 0 Å². The highest BCUT2D eigenvalue weighted by Gasteiger charge is 2.25. The van der Waals surface area contributed by atoms with E-state index in [0.717, 1.165) is 4.88 Å². The zero-order valence-electron chi connectivity index (χ0n) is 12.8. The summed E-state index contributed by atoms with van der Waals surface area (Å²) in [5.41, 5.74) is 0.647. The maximum atomic E-state index is 12.3. The van der Waals surface area contributed by atoms with Gasteiger partial charge in [0.15, 0.2) is 0 Å². The third-order valence-electron chi connectivity index (χ3n) is 3.68. The van der Waals surface area contributed by atoms with Crippen LogP contribution in [0.15, 0.2) is 41.8 Å². The number of nitrogens with zero attached hydrogens (tertiary/aromatic N) is 1. The minimum Gasteiger partial charge on any atom is -0.491 e. The average Bonchev–Trinajstić information content (AvgIpc) is 3.03. The van der Waals surface area contributed by atoms with Crippen molar-refractivity contribution in [2.75, 3.05) is 18.1 Å². The number of carbonyl (C=O) groups is 2. The highest BCUT2D eigenvalue weighted by molar-refractivity contribution is 7.10. The van der Waals surface area contributed by atoms with Crippen molar-refractivity contribution in [2.24, 2.45) is 0 Å². The highest BCUT2D eigenvalue weighted by atomic mass is 32.1. The molecule has 0 fully saturated rings. The molecule has 2 heterocycles. The maximum Gasteiger partial charge on any atom is 0.240 e. The Hall–Kier alpha value is -2.34. The van der Waals surface area contributed by atoms with Crippen LogP contribution in [0.1, 0.15) is 24.3 Å². The molecule has 1 aromatic carbocycles. The van der Waals surface area contributed by atoms with Crippen LogP contribution in [-0.4, -0.2) is 25.0 Å². The summed E-state index contributed by atoms with van der Waals surface area (Å²) in [6.07, 6.45) is 0.266. The van der Waals surface area contributed by atoms with E-state index in [1.807, 2.05) is 42.6 Å². The molecule has 0 saturated heterocycles. The normalized spacial score (nSPS) is 15.3. The predicted octanol–water partition coefficient (Wildman–Crippen LogP) is 2.74. The number of nitrogens with one attached hydrogen (secondary N) is 1. The van der Waals surface area contributed by atoms with Gasteiger partial charge in [-0.25, -0.2) is 0 Å². The Balaban J connectivity index is 1.73. The smallest absolute Gasteiger partial charge is 0.240 e. The van der Waals surface area contributed by atoms with Gasteiger partial charge in [-0.1, -0.05) is 18.2 Å². The molecule has 23 heavy (non-hydrogen) atoms. The number of rotatable bonds is 4. The fourth-order valence-corrected chi connectivity index (χ4v) is 3.27. The van der Waals surface area contributed by atoms with Gasteiger partial charge in [0, 0.05) is 4.88 Å². The Bertz CT molecular complexity index is 700. The summed E-state index contributed by atoms with van der Waals surface area (Å²) in [7, 11) is 0. The maximum absolute atomic E-state index is 12.3. The number of hydrogen-bond donors (Lipinski definition) is 1. The van der Waals surface area contributed by atoms with E-state index in [9.17, 15) is 9.59 Å². The van der Waals surface area contributed by atoms with Gasteiger partial charge in [-0.3, -0.25) is 14.5 Å². The Kier molecular flexibility index (Phi) is 4.62. The van der Waals surface area contributed by atoms with E-state index in [4.69, 9.17) is 4.74 Å². The van der Waals surface area contributed by atoms with E-state index in [0.29, 0.717) is 18.0 Å². The van der Waals surface area contributed by atoms with Gasteiger partial charge in [0.25, 0.3) is 0 Å². The quantitative estimate of drug-likeness (QED) is 0.938. The van der Waals surface area contributed by atoms with E-state index in [1.54, 1.807) is 17.4 Å². The van der Waals surface area contributed by atoms with Gasteiger partial charge >= 0.3 is 0 Å². The average molecular weight is 330 g/mol. The van der Waals surface area contributed by atoms with Gasteiger partial charge in [-0.15, -0.1) is 11.3 Å². The zero-order valence-corrected chi connectivity index (χ0v) is 13.6. The van der Waals surface area contributed by atoms with Crippen molar-refractivity contribution >= 4 is 28.8 Å². The zero-order chi connectivity index (χ0) is 16.2. The van der Waals surface area contributed by atoms with Crippen LogP contribution in [0.2, 0.25) is 0 Å². The standard InChI is InChI=1S/C17H18N2O3S/c1-12(15-7-4-10-23-15)18-16(20)11-19-13-5-2-3-6-14(13)22-9-8-17(19)21/h2-7,10,12H,8-9,11H2,1H3,(H,18,20)/t12-/m1/s1. The molecule has 2 amide bonds. The molecular weight excluding hydrogens is 312 g/mol. The van der Waals surface area contributed by atoms with E-state index in [1.165, 1.54) is 4.90 Å². The van der Waals surface area contributed by atoms with Crippen LogP contribution in [0.3, 0.4) is 0 Å². The molecule has 0 spiro atoms. The summed E-state index contributed by atoms with van der Waals surface area (Å²) in [5.74, 6) is 0.349. The molecule has 3 rings (SSSR count). The largest absolute Gasteiger partial charge is 0.491 e. The lowest BCUT2D eigenvalue weighted by Crippen LogP contribution is -2.41. The van der Waals surface area contributed by atoms with Gasteiger partial charge in [0.2, 0.25) is 11.8 Å². The van der Waals surface area contributed by atoms with Crippen molar-refractivity contribution in [1.29, 1.82) is 0 Å². The lowest BCUT2D eigenvalue weighted by Gasteiger charge is -2.22. The first-order valence-electron chi connectivity index (χ1n) is 7.50. The molecule has 0 radical (unpaired) electrons. The fraction of sp³-hybridized carbons (Fsp3) is 0.294. The summed E-state index contributed by atoms with van der Waals surface area (Å²) in [5, 5.41) is 4.91. The number of thiophene rings is 1. The second-order valence-electron chi connectivity index (χ2n) is 5.35. The first-order valence-corrected chi connectivity index (χ1v) is 8.38. The molecule has 1 aliphatic heterocycles. The van der Waals surface area contributed by atoms with Crippen LogP contribution in [0, 0.1) is 0 Å². The predicted molar refractivity (Wildman–Crippen MR) is 89.8 cm³/mol. The summed E-state index contributed by atoms with van der Waals surface area (Å²) < 4.78 is 5.58. The Labute approximate surface area is 138 Å². The Morgan fingerprint density at radius 2 is 2.17 bits per heavy atom. The van der Waals surface area contributed by atoms with Crippen molar-refractivity contribution in [3.8, 4) is 5.75 Å². The van der Waals surface area contributed by atoms with Crippen LogP contribution in [-0.2, 0) is 9.59 Å². The molecule has 6 heteroatoms. The first-order chi connectivity index (χ1) is 11.1. The van der Waals surface area contributed by atoms with E-state index in [-0.39, 0.29) is 30.8 Å². The van der Waals surface area contributed by atoms with Crippen molar-refractivity contribution in [3.05, 3.63) is 46.7 Å². The Morgan fingerprint density at radius 3 is 2.96 bits per heavy atom. The van der Waals surface area contributed by atoms with Crippen molar-refractivity contribution in [3.63, 3.8) is 0 Å². The van der Waals surface area contributed by atoms with E-state index < -0.39 is 0 Å². The minimum atomic E-state index is -0.184. The van der Waals surface area contributed by atoms with Gasteiger partial charge in [0.05, 0.1) is 24.8 Å². The van der Waals surface area contributed by atoms with Gasteiger partial charge in [-0.2, -0.15) is 0 Å². The Morgan fingerprint density at radius 1 is 1.35 bits per heavy atom. The monoisotopic (exact) mass is 330 g/mol. The lowest BCUT2D eigenvalue weighted by atomic mass is 10.2. The van der Waals surface area contributed by atoms with E-state index in [2.05, 4.69) is 5.32 Å². The van der Waals surface area contributed by atoms with Gasteiger partial charge in [-0.05, 0) is 30.5 Å². The summed E-state index contributed by atoms with van der Waals surface area (Å²) in [6.45, 7) is 2.26. The van der Waals surface area contributed by atoms with Crippen molar-refractivity contribution in [2.45, 2.75) is 19.4 Å². The van der Waals surface area contributed by atoms with Crippen molar-refractivity contribution < 1.29 is 14.3 Å². The lowest BCUT2D eigenvalue weighted by molar-refractivity contribution is -0.124. The van der Waals surface area contributed by atoms with Crippen LogP contribution in [0.4, 0.5) is 5.69 Å². The number of amides is 2. The highest BCUT2D eigenvalue weighted by Crippen LogP contribution is 2.30. The molecule has 1 N–H and O–H groups in total. The first kappa shape index (κ1) is 15.6. The minimum absolute atomic E-state index is 0.00504. The summed E-state index contributed by atoms with van der Waals surface area (Å²) in [6, 6.07) is 11.2. The SMILES string of the molecule is C[C@@H](NC(=O)CN1C(=O)CCOc2ccccc21)c1cccs1. The van der Waals surface area contributed by atoms with Gasteiger partial charge < -0.3 is 10.1 Å².